The summed E-state index contributed by atoms with van der Waals surface area (Å²) in [4.78, 5) is 0. The van der Waals surface area contributed by atoms with E-state index in [2.05, 4.69) is 4.74 Å². The van der Waals surface area contributed by atoms with Crippen molar-refractivity contribution in [2.45, 2.75) is 13.0 Å². The predicted octanol–water partition coefficient (Wildman–Crippen LogP) is 2.18. The molecule has 0 aromatic heterocycles. The third-order valence-corrected chi connectivity index (χ3v) is 1.82. The molecule has 0 N–H and O–H groups in total. The second-order valence-corrected chi connectivity index (χ2v) is 2.77. The SMILES string of the molecule is COCc1c(F)ccc(CC#N)c1F. The normalized spacial score (nSPS) is 9.86. The van der Waals surface area contributed by atoms with Crippen LogP contribution >= 0.6 is 0 Å². The lowest BCUT2D eigenvalue weighted by atomic mass is 10.1. The molecule has 4 heteroatoms. The Morgan fingerprint density at radius 2 is 2.14 bits per heavy atom. The minimum Gasteiger partial charge on any atom is -0.380 e. The highest BCUT2D eigenvalue weighted by atomic mass is 19.1. The number of benzene rings is 1. The van der Waals surface area contributed by atoms with Crippen LogP contribution in [-0.2, 0) is 17.8 Å². The zero-order chi connectivity index (χ0) is 10.6. The molecule has 0 saturated heterocycles. The number of halogens is 2. The van der Waals surface area contributed by atoms with Crippen molar-refractivity contribution in [2.75, 3.05) is 7.11 Å². The molecule has 0 heterocycles. The van der Waals surface area contributed by atoms with Gasteiger partial charge in [0.15, 0.2) is 0 Å². The van der Waals surface area contributed by atoms with Gasteiger partial charge in [-0.2, -0.15) is 5.26 Å². The van der Waals surface area contributed by atoms with Crippen molar-refractivity contribution in [3.63, 3.8) is 0 Å². The molecule has 0 atom stereocenters. The minimum atomic E-state index is -0.687. The zero-order valence-electron chi connectivity index (χ0n) is 7.68. The summed E-state index contributed by atoms with van der Waals surface area (Å²) < 4.78 is 31.2. The lowest BCUT2D eigenvalue weighted by Gasteiger charge is -2.06. The summed E-state index contributed by atoms with van der Waals surface area (Å²) in [6.45, 7) is -0.128. The lowest BCUT2D eigenvalue weighted by Crippen LogP contribution is -2.01. The van der Waals surface area contributed by atoms with Crippen LogP contribution in [0.4, 0.5) is 8.78 Å². The molecule has 0 aliphatic heterocycles. The molecule has 0 fully saturated rings. The monoisotopic (exact) mass is 197 g/mol. The van der Waals surface area contributed by atoms with Gasteiger partial charge in [0, 0.05) is 18.2 Å². The third kappa shape index (κ3) is 2.06. The van der Waals surface area contributed by atoms with Crippen LogP contribution in [0.3, 0.4) is 0 Å². The molecule has 0 saturated carbocycles. The van der Waals surface area contributed by atoms with Crippen LogP contribution in [0.2, 0.25) is 0 Å². The average Bonchev–Trinajstić information content (AvgIpc) is 2.17. The summed E-state index contributed by atoms with van der Waals surface area (Å²) in [7, 11) is 1.36. The van der Waals surface area contributed by atoms with E-state index >= 15 is 0 Å². The first-order valence-electron chi connectivity index (χ1n) is 4.02. The van der Waals surface area contributed by atoms with Crippen LogP contribution in [0.15, 0.2) is 12.1 Å². The Morgan fingerprint density at radius 3 is 2.71 bits per heavy atom. The van der Waals surface area contributed by atoms with E-state index in [0.717, 1.165) is 6.07 Å². The van der Waals surface area contributed by atoms with Crippen LogP contribution in [-0.4, -0.2) is 7.11 Å². The summed E-state index contributed by atoms with van der Waals surface area (Å²) in [6, 6.07) is 4.22. The third-order valence-electron chi connectivity index (χ3n) is 1.82. The number of hydrogen-bond acceptors (Lipinski definition) is 2. The predicted molar refractivity (Wildman–Crippen MR) is 46.4 cm³/mol. The molecular weight excluding hydrogens is 188 g/mol. The van der Waals surface area contributed by atoms with E-state index in [1.807, 2.05) is 6.07 Å². The fourth-order valence-electron chi connectivity index (χ4n) is 1.14. The maximum atomic E-state index is 13.4. The lowest BCUT2D eigenvalue weighted by molar-refractivity contribution is 0.177. The van der Waals surface area contributed by atoms with Gasteiger partial charge in [0.05, 0.1) is 19.1 Å². The number of hydrogen-bond donors (Lipinski definition) is 0. The zero-order valence-corrected chi connectivity index (χ0v) is 7.68. The van der Waals surface area contributed by atoms with Gasteiger partial charge < -0.3 is 4.74 Å². The molecule has 0 unspecified atom stereocenters. The molecule has 0 bridgehead atoms. The molecule has 0 radical (unpaired) electrons. The maximum Gasteiger partial charge on any atom is 0.135 e. The van der Waals surface area contributed by atoms with E-state index in [4.69, 9.17) is 5.26 Å². The van der Waals surface area contributed by atoms with Crippen molar-refractivity contribution < 1.29 is 13.5 Å². The van der Waals surface area contributed by atoms with Crippen molar-refractivity contribution in [1.29, 1.82) is 5.26 Å². The van der Waals surface area contributed by atoms with E-state index in [-0.39, 0.29) is 24.2 Å². The van der Waals surface area contributed by atoms with E-state index in [1.54, 1.807) is 0 Å². The Hall–Kier alpha value is -1.47. The van der Waals surface area contributed by atoms with Gasteiger partial charge in [-0.15, -0.1) is 0 Å². The number of nitriles is 1. The molecule has 0 aliphatic rings. The summed E-state index contributed by atoms with van der Waals surface area (Å²) in [5.74, 6) is -1.33. The standard InChI is InChI=1S/C10H9F2NO/c1-14-6-8-9(11)3-2-7(4-5-13)10(8)12/h2-3H,4,6H2,1H3. The summed E-state index contributed by atoms with van der Waals surface area (Å²) in [5.41, 5.74) is 0.0706. The summed E-state index contributed by atoms with van der Waals surface area (Å²) >= 11 is 0. The first-order valence-corrected chi connectivity index (χ1v) is 4.02. The Balaban J connectivity index is 3.13. The fraction of sp³-hybridized carbons (Fsp3) is 0.300. The average molecular weight is 197 g/mol. The Kier molecular flexibility index (Phi) is 3.55. The van der Waals surface area contributed by atoms with Gasteiger partial charge in [0.1, 0.15) is 11.6 Å². The Labute approximate surface area is 80.7 Å². The van der Waals surface area contributed by atoms with Crippen molar-refractivity contribution in [3.8, 4) is 6.07 Å². The van der Waals surface area contributed by atoms with Gasteiger partial charge in [-0.05, 0) is 6.07 Å². The Bertz CT molecular complexity index is 371. The van der Waals surface area contributed by atoms with E-state index < -0.39 is 11.6 Å². The smallest absolute Gasteiger partial charge is 0.135 e. The highest BCUT2D eigenvalue weighted by Crippen LogP contribution is 2.17. The number of nitrogens with zero attached hydrogens (tertiary/aromatic N) is 1. The van der Waals surface area contributed by atoms with Gasteiger partial charge >= 0.3 is 0 Å². The van der Waals surface area contributed by atoms with Crippen molar-refractivity contribution in [3.05, 3.63) is 34.9 Å². The molecule has 0 aliphatic carbocycles. The van der Waals surface area contributed by atoms with Gasteiger partial charge in [-0.25, -0.2) is 8.78 Å². The molecule has 0 spiro atoms. The Morgan fingerprint density at radius 1 is 1.43 bits per heavy atom. The van der Waals surface area contributed by atoms with Gasteiger partial charge in [-0.3, -0.25) is 0 Å². The number of rotatable bonds is 3. The first kappa shape index (κ1) is 10.6. The van der Waals surface area contributed by atoms with Crippen LogP contribution in [0.1, 0.15) is 11.1 Å². The van der Waals surface area contributed by atoms with Crippen LogP contribution in [0.25, 0.3) is 0 Å². The quantitative estimate of drug-likeness (QED) is 0.744. The summed E-state index contributed by atoms with van der Waals surface area (Å²) in [5, 5.41) is 8.39. The topological polar surface area (TPSA) is 33.0 Å². The highest BCUT2D eigenvalue weighted by Gasteiger charge is 2.12. The van der Waals surface area contributed by atoms with Gasteiger partial charge in [0.25, 0.3) is 0 Å². The van der Waals surface area contributed by atoms with Crippen LogP contribution in [0.5, 0.6) is 0 Å². The maximum absolute atomic E-state index is 13.4. The van der Waals surface area contributed by atoms with Crippen LogP contribution in [0, 0.1) is 23.0 Å². The fourth-order valence-corrected chi connectivity index (χ4v) is 1.14. The van der Waals surface area contributed by atoms with Crippen LogP contribution < -0.4 is 0 Å². The molecule has 74 valence electrons. The molecule has 1 aromatic rings. The highest BCUT2D eigenvalue weighted by molar-refractivity contribution is 5.28. The van der Waals surface area contributed by atoms with Crippen molar-refractivity contribution >= 4 is 0 Å². The van der Waals surface area contributed by atoms with E-state index in [0.29, 0.717) is 0 Å². The number of methoxy groups -OCH3 is 1. The van der Waals surface area contributed by atoms with E-state index in [9.17, 15) is 8.78 Å². The molecule has 0 amide bonds. The van der Waals surface area contributed by atoms with Gasteiger partial charge in [-0.1, -0.05) is 6.07 Å². The summed E-state index contributed by atoms with van der Waals surface area (Å²) in [6.07, 6.45) is -0.0666. The molecule has 1 aromatic carbocycles. The second kappa shape index (κ2) is 4.68. The van der Waals surface area contributed by atoms with Crippen molar-refractivity contribution in [1.82, 2.24) is 0 Å². The van der Waals surface area contributed by atoms with E-state index in [1.165, 1.54) is 13.2 Å². The molecule has 2 nitrogen and oxygen atoms in total. The number of ether oxygens (including phenoxy) is 1. The largest absolute Gasteiger partial charge is 0.380 e. The second-order valence-electron chi connectivity index (χ2n) is 2.77. The molecule has 14 heavy (non-hydrogen) atoms. The molecular formula is C10H9F2NO. The first-order chi connectivity index (χ1) is 6.70. The van der Waals surface area contributed by atoms with Gasteiger partial charge in [0.2, 0.25) is 0 Å². The minimum absolute atomic E-state index is 0.0666. The molecule has 1 rings (SSSR count). The van der Waals surface area contributed by atoms with Crippen molar-refractivity contribution in [2.24, 2.45) is 0 Å².